The highest BCUT2D eigenvalue weighted by Gasteiger charge is 2.24. The molecule has 3 rings (SSSR count). The topological polar surface area (TPSA) is 59.6 Å². The fourth-order valence-corrected chi connectivity index (χ4v) is 3.30. The Balaban J connectivity index is 0.00000280. The molecule has 28 heavy (non-hydrogen) atoms. The fraction of sp³-hybridized carbons (Fsp3) is 0.409. The minimum Gasteiger partial charge on any atom is -0.457 e. The number of rotatable bonds is 7. The van der Waals surface area contributed by atoms with Crippen molar-refractivity contribution in [2.24, 2.45) is 5.92 Å². The molecule has 0 unspecified atom stereocenters. The largest absolute Gasteiger partial charge is 0.457 e. The number of anilines is 1. The van der Waals surface area contributed by atoms with Crippen LogP contribution in [0.25, 0.3) is 0 Å². The molecule has 2 aromatic rings. The minimum absolute atomic E-state index is 0. The molecule has 2 N–H and O–H groups in total. The Hall–Kier alpha value is -2.08. The van der Waals surface area contributed by atoms with Crippen LogP contribution in [0, 0.1) is 5.92 Å². The average Bonchev–Trinajstić information content (AvgIpc) is 2.69. The number of carbonyl (C=O) groups is 1. The Morgan fingerprint density at radius 2 is 1.75 bits per heavy atom. The summed E-state index contributed by atoms with van der Waals surface area (Å²) in [5.41, 5.74) is 2.02. The number of hydrogen-bond acceptors (Lipinski definition) is 4. The smallest absolute Gasteiger partial charge is 0.227 e. The third-order valence-electron chi connectivity index (χ3n) is 4.87. The second kappa shape index (κ2) is 11.1. The van der Waals surface area contributed by atoms with Gasteiger partial charge in [-0.25, -0.2) is 0 Å². The van der Waals surface area contributed by atoms with E-state index in [-0.39, 0.29) is 24.2 Å². The third kappa shape index (κ3) is 6.51. The van der Waals surface area contributed by atoms with E-state index in [1.807, 2.05) is 48.5 Å². The SMILES string of the molecule is COCCc1ccc(Oc2ccc(NC(=O)[C@H]3CCN[C@@H](C)C3)cc2)cc1.Cl. The van der Waals surface area contributed by atoms with Crippen molar-refractivity contribution < 1.29 is 14.3 Å². The molecule has 5 nitrogen and oxygen atoms in total. The van der Waals surface area contributed by atoms with Crippen LogP contribution in [-0.4, -0.2) is 32.2 Å². The molecular weight excluding hydrogens is 376 g/mol. The molecule has 1 aliphatic rings. The molecule has 0 radical (unpaired) electrons. The molecule has 1 fully saturated rings. The molecule has 2 atom stereocenters. The van der Waals surface area contributed by atoms with E-state index in [0.717, 1.165) is 43.0 Å². The van der Waals surface area contributed by atoms with Gasteiger partial charge in [0.25, 0.3) is 0 Å². The first-order valence-electron chi connectivity index (χ1n) is 9.54. The van der Waals surface area contributed by atoms with E-state index in [1.165, 1.54) is 5.56 Å². The summed E-state index contributed by atoms with van der Waals surface area (Å²) in [6.07, 6.45) is 2.66. The Morgan fingerprint density at radius 1 is 1.11 bits per heavy atom. The molecule has 1 amide bonds. The molecular formula is C22H29ClN2O3. The van der Waals surface area contributed by atoms with Crippen molar-refractivity contribution in [3.63, 3.8) is 0 Å². The van der Waals surface area contributed by atoms with Crippen molar-refractivity contribution in [2.45, 2.75) is 32.2 Å². The highest BCUT2D eigenvalue weighted by atomic mass is 35.5. The van der Waals surface area contributed by atoms with Crippen LogP contribution in [0.2, 0.25) is 0 Å². The van der Waals surface area contributed by atoms with Gasteiger partial charge in [-0.3, -0.25) is 4.79 Å². The van der Waals surface area contributed by atoms with Crippen LogP contribution in [0.3, 0.4) is 0 Å². The Kier molecular flexibility index (Phi) is 8.77. The molecule has 6 heteroatoms. The number of ether oxygens (including phenoxy) is 2. The summed E-state index contributed by atoms with van der Waals surface area (Å²) in [7, 11) is 1.70. The van der Waals surface area contributed by atoms with Crippen molar-refractivity contribution >= 4 is 24.0 Å². The summed E-state index contributed by atoms with van der Waals surface area (Å²) in [6, 6.07) is 15.9. The van der Waals surface area contributed by atoms with E-state index in [2.05, 4.69) is 17.6 Å². The van der Waals surface area contributed by atoms with Gasteiger partial charge in [0.1, 0.15) is 11.5 Å². The lowest BCUT2D eigenvalue weighted by molar-refractivity contribution is -0.120. The first-order valence-corrected chi connectivity index (χ1v) is 9.54. The van der Waals surface area contributed by atoms with Gasteiger partial charge in [-0.1, -0.05) is 12.1 Å². The summed E-state index contributed by atoms with van der Waals surface area (Å²) >= 11 is 0. The van der Waals surface area contributed by atoms with Crippen LogP contribution in [-0.2, 0) is 16.0 Å². The zero-order chi connectivity index (χ0) is 19.1. The third-order valence-corrected chi connectivity index (χ3v) is 4.87. The van der Waals surface area contributed by atoms with Crippen LogP contribution in [0.4, 0.5) is 5.69 Å². The average molecular weight is 405 g/mol. The molecule has 0 saturated carbocycles. The predicted molar refractivity (Wildman–Crippen MR) is 115 cm³/mol. The first-order chi connectivity index (χ1) is 13.1. The van der Waals surface area contributed by atoms with Crippen LogP contribution < -0.4 is 15.4 Å². The van der Waals surface area contributed by atoms with Crippen LogP contribution in [0.15, 0.2) is 48.5 Å². The number of carbonyl (C=O) groups excluding carboxylic acids is 1. The Labute approximate surface area is 173 Å². The Bertz CT molecular complexity index is 734. The summed E-state index contributed by atoms with van der Waals surface area (Å²) < 4.78 is 11.0. The fourth-order valence-electron chi connectivity index (χ4n) is 3.30. The highest BCUT2D eigenvalue weighted by Crippen LogP contribution is 2.24. The molecule has 2 aromatic carbocycles. The van der Waals surface area contributed by atoms with E-state index in [9.17, 15) is 4.79 Å². The minimum atomic E-state index is 0. The number of halogens is 1. The quantitative estimate of drug-likeness (QED) is 0.717. The normalized spacial score (nSPS) is 18.8. The molecule has 1 aliphatic heterocycles. The van der Waals surface area contributed by atoms with Gasteiger partial charge in [-0.05, 0) is 74.7 Å². The maximum absolute atomic E-state index is 12.4. The van der Waals surface area contributed by atoms with Crippen molar-refractivity contribution in [3.8, 4) is 11.5 Å². The zero-order valence-corrected chi connectivity index (χ0v) is 17.3. The van der Waals surface area contributed by atoms with Gasteiger partial charge in [0, 0.05) is 24.8 Å². The second-order valence-corrected chi connectivity index (χ2v) is 7.08. The van der Waals surface area contributed by atoms with Crippen LogP contribution >= 0.6 is 12.4 Å². The van der Waals surface area contributed by atoms with Gasteiger partial charge < -0.3 is 20.1 Å². The monoisotopic (exact) mass is 404 g/mol. The maximum atomic E-state index is 12.4. The van der Waals surface area contributed by atoms with Crippen molar-refractivity contribution in [3.05, 3.63) is 54.1 Å². The number of amides is 1. The highest BCUT2D eigenvalue weighted by molar-refractivity contribution is 5.92. The molecule has 0 spiro atoms. The number of nitrogens with one attached hydrogen (secondary N) is 2. The summed E-state index contributed by atoms with van der Waals surface area (Å²) in [5.74, 6) is 1.71. The lowest BCUT2D eigenvalue weighted by atomic mass is 9.92. The summed E-state index contributed by atoms with van der Waals surface area (Å²) in [4.78, 5) is 12.4. The van der Waals surface area contributed by atoms with Crippen LogP contribution in [0.5, 0.6) is 11.5 Å². The van der Waals surface area contributed by atoms with Gasteiger partial charge in [0.15, 0.2) is 0 Å². The molecule has 152 valence electrons. The second-order valence-electron chi connectivity index (χ2n) is 7.08. The molecule has 1 heterocycles. The number of benzene rings is 2. The zero-order valence-electron chi connectivity index (χ0n) is 16.4. The van der Waals surface area contributed by atoms with Gasteiger partial charge in [0.05, 0.1) is 6.61 Å². The van der Waals surface area contributed by atoms with Crippen molar-refractivity contribution in [2.75, 3.05) is 25.6 Å². The van der Waals surface area contributed by atoms with Gasteiger partial charge >= 0.3 is 0 Å². The lowest BCUT2D eigenvalue weighted by Gasteiger charge is -2.27. The number of hydrogen-bond donors (Lipinski definition) is 2. The Morgan fingerprint density at radius 3 is 2.36 bits per heavy atom. The van der Waals surface area contributed by atoms with Gasteiger partial charge in [-0.2, -0.15) is 0 Å². The molecule has 0 aromatic heterocycles. The van der Waals surface area contributed by atoms with Crippen molar-refractivity contribution in [1.29, 1.82) is 0 Å². The number of piperidine rings is 1. The number of methoxy groups -OCH3 is 1. The molecule has 0 bridgehead atoms. The van der Waals surface area contributed by atoms with E-state index in [0.29, 0.717) is 12.6 Å². The molecule has 1 saturated heterocycles. The van der Waals surface area contributed by atoms with E-state index in [4.69, 9.17) is 9.47 Å². The first kappa shape index (κ1) is 22.2. The maximum Gasteiger partial charge on any atom is 0.227 e. The van der Waals surface area contributed by atoms with E-state index < -0.39 is 0 Å². The predicted octanol–water partition coefficient (Wildman–Crippen LogP) is 4.42. The van der Waals surface area contributed by atoms with Crippen molar-refractivity contribution in [1.82, 2.24) is 5.32 Å². The molecule has 0 aliphatic carbocycles. The van der Waals surface area contributed by atoms with Gasteiger partial charge in [0.2, 0.25) is 5.91 Å². The van der Waals surface area contributed by atoms with Gasteiger partial charge in [-0.15, -0.1) is 12.4 Å². The summed E-state index contributed by atoms with van der Waals surface area (Å²) in [5, 5.41) is 6.39. The van der Waals surface area contributed by atoms with Crippen LogP contribution in [0.1, 0.15) is 25.3 Å². The summed E-state index contributed by atoms with van der Waals surface area (Å²) in [6.45, 7) is 3.73. The van der Waals surface area contributed by atoms with E-state index in [1.54, 1.807) is 7.11 Å². The lowest BCUT2D eigenvalue weighted by Crippen LogP contribution is -2.40. The standard InChI is InChI=1S/C22H28N2O3.ClH/c1-16-15-18(11-13-23-16)22(25)24-19-5-9-21(10-6-19)27-20-7-3-17(4-8-20)12-14-26-2;/h3-10,16,18,23H,11-15H2,1-2H3,(H,24,25);1H/t16-,18-;/m0./s1. The van der Waals surface area contributed by atoms with E-state index >= 15 is 0 Å².